The summed E-state index contributed by atoms with van der Waals surface area (Å²) >= 11 is 3.39. The first-order chi connectivity index (χ1) is 11.1. The van der Waals surface area contributed by atoms with Gasteiger partial charge in [-0.25, -0.2) is 10.2 Å². The van der Waals surface area contributed by atoms with E-state index in [9.17, 15) is 4.79 Å². The zero-order valence-electron chi connectivity index (χ0n) is 12.5. The monoisotopic (exact) mass is 377 g/mol. The van der Waals surface area contributed by atoms with E-state index in [1.807, 2.05) is 24.3 Å². The minimum absolute atomic E-state index is 0.373. The number of nitrogens with two attached hydrogens (primary N) is 1. The molecule has 0 bridgehead atoms. The number of hydrogen-bond donors (Lipinski definition) is 2. The molecule has 0 aliphatic heterocycles. The van der Waals surface area contributed by atoms with Gasteiger partial charge in [0, 0.05) is 10.0 Å². The smallest absolute Gasteiger partial charge is 0.332 e. The number of nitrogens with zero attached hydrogens (tertiary/aromatic N) is 1. The molecule has 0 heterocycles. The number of para-hydroxylation sites is 1. The molecule has 2 rings (SSSR count). The van der Waals surface area contributed by atoms with Crippen molar-refractivity contribution in [2.24, 2.45) is 10.8 Å². The van der Waals surface area contributed by atoms with Crippen molar-refractivity contribution in [1.82, 2.24) is 5.43 Å². The molecule has 0 fully saturated rings. The minimum atomic E-state index is -0.735. The van der Waals surface area contributed by atoms with Gasteiger partial charge < -0.3 is 15.2 Å². The summed E-state index contributed by atoms with van der Waals surface area (Å²) in [5.74, 6) is 1.11. The number of hydrogen-bond acceptors (Lipinski definition) is 4. The van der Waals surface area contributed by atoms with Gasteiger partial charge in [-0.1, -0.05) is 34.1 Å². The Labute approximate surface area is 142 Å². The van der Waals surface area contributed by atoms with E-state index in [1.165, 1.54) is 6.21 Å². The van der Waals surface area contributed by atoms with Crippen LogP contribution in [0.2, 0.25) is 0 Å². The van der Waals surface area contributed by atoms with Crippen molar-refractivity contribution in [3.63, 3.8) is 0 Å². The Balaban J connectivity index is 2.19. The number of methoxy groups -OCH3 is 1. The molecule has 6 nitrogen and oxygen atoms in total. The zero-order valence-corrected chi connectivity index (χ0v) is 14.0. The van der Waals surface area contributed by atoms with E-state index in [1.54, 1.807) is 25.3 Å². The number of halogens is 1. The normalized spacial score (nSPS) is 10.5. The first-order valence-electron chi connectivity index (χ1n) is 6.73. The summed E-state index contributed by atoms with van der Waals surface area (Å²) < 4.78 is 12.2. The highest BCUT2D eigenvalue weighted by atomic mass is 79.9. The van der Waals surface area contributed by atoms with E-state index < -0.39 is 6.03 Å². The molecule has 0 aliphatic carbocycles. The van der Waals surface area contributed by atoms with Crippen LogP contribution in [0.4, 0.5) is 4.79 Å². The van der Waals surface area contributed by atoms with Crippen molar-refractivity contribution < 1.29 is 14.3 Å². The predicted octanol–water partition coefficient (Wildman–Crippen LogP) is 3.04. The lowest BCUT2D eigenvalue weighted by atomic mass is 10.2. The van der Waals surface area contributed by atoms with E-state index in [2.05, 4.69) is 26.5 Å². The Hall–Kier alpha value is -2.54. The zero-order chi connectivity index (χ0) is 16.7. The number of primary amides is 1. The number of benzene rings is 2. The molecule has 0 saturated carbocycles. The van der Waals surface area contributed by atoms with Crippen LogP contribution in [0.25, 0.3) is 0 Å². The summed E-state index contributed by atoms with van der Waals surface area (Å²) in [7, 11) is 1.56. The molecule has 0 unspecified atom stereocenters. The van der Waals surface area contributed by atoms with E-state index in [4.69, 9.17) is 15.2 Å². The van der Waals surface area contributed by atoms with Gasteiger partial charge in [0.25, 0.3) is 0 Å². The van der Waals surface area contributed by atoms with E-state index in [0.29, 0.717) is 23.7 Å². The van der Waals surface area contributed by atoms with Gasteiger partial charge in [0.1, 0.15) is 6.61 Å². The van der Waals surface area contributed by atoms with Crippen LogP contribution in [0, 0.1) is 0 Å². The van der Waals surface area contributed by atoms with Gasteiger partial charge in [0.15, 0.2) is 11.5 Å². The molecule has 2 aromatic rings. The van der Waals surface area contributed by atoms with Gasteiger partial charge in [-0.05, 0) is 29.8 Å². The van der Waals surface area contributed by atoms with Crippen molar-refractivity contribution in [2.45, 2.75) is 6.61 Å². The third-order valence-electron chi connectivity index (χ3n) is 2.90. The SMILES string of the molecule is COc1cccc(/C=N\NC(N)=O)c1OCc1ccc(Br)cc1. The molecule has 0 radical (unpaired) electrons. The van der Waals surface area contributed by atoms with Crippen LogP contribution >= 0.6 is 15.9 Å². The number of hydrazone groups is 1. The standard InChI is InChI=1S/C16H16BrN3O3/c1-22-14-4-2-3-12(9-19-20-16(18)21)15(14)23-10-11-5-7-13(17)8-6-11/h2-9H,10H2,1H3,(H3,18,20,21)/b19-9-. The first-order valence-corrected chi connectivity index (χ1v) is 7.52. The van der Waals surface area contributed by atoms with Crippen molar-refractivity contribution in [3.05, 3.63) is 58.1 Å². The summed E-state index contributed by atoms with van der Waals surface area (Å²) in [6, 6.07) is 12.5. The summed E-state index contributed by atoms with van der Waals surface area (Å²) in [5.41, 5.74) is 8.79. The summed E-state index contributed by atoms with van der Waals surface area (Å²) in [6.07, 6.45) is 1.45. The maximum absolute atomic E-state index is 10.7. The predicted molar refractivity (Wildman–Crippen MR) is 91.8 cm³/mol. The largest absolute Gasteiger partial charge is 0.493 e. The van der Waals surface area contributed by atoms with Gasteiger partial charge in [0.05, 0.1) is 13.3 Å². The summed E-state index contributed by atoms with van der Waals surface area (Å²) in [4.78, 5) is 10.7. The van der Waals surface area contributed by atoms with Crippen LogP contribution in [-0.2, 0) is 6.61 Å². The quantitative estimate of drug-likeness (QED) is 0.599. The van der Waals surface area contributed by atoms with Gasteiger partial charge in [0.2, 0.25) is 0 Å². The van der Waals surface area contributed by atoms with Crippen molar-refractivity contribution in [2.75, 3.05) is 7.11 Å². The molecule has 2 amide bonds. The lowest BCUT2D eigenvalue weighted by Gasteiger charge is -2.13. The molecular formula is C16H16BrN3O3. The van der Waals surface area contributed by atoms with Crippen molar-refractivity contribution in [3.8, 4) is 11.5 Å². The molecule has 0 aromatic heterocycles. The van der Waals surface area contributed by atoms with Gasteiger partial charge in [-0.3, -0.25) is 0 Å². The van der Waals surface area contributed by atoms with Crippen LogP contribution in [0.15, 0.2) is 52.0 Å². The molecule has 0 aliphatic rings. The number of carbonyl (C=O) groups is 1. The van der Waals surface area contributed by atoms with Crippen LogP contribution in [-0.4, -0.2) is 19.4 Å². The lowest BCUT2D eigenvalue weighted by Crippen LogP contribution is -2.24. The second kappa shape index (κ2) is 8.19. The fourth-order valence-corrected chi connectivity index (χ4v) is 2.12. The number of nitrogens with one attached hydrogen (secondary N) is 1. The fourth-order valence-electron chi connectivity index (χ4n) is 1.85. The second-order valence-electron chi connectivity index (χ2n) is 4.53. The van der Waals surface area contributed by atoms with Crippen molar-refractivity contribution in [1.29, 1.82) is 0 Å². The molecule has 0 spiro atoms. The summed E-state index contributed by atoms with van der Waals surface area (Å²) in [5, 5.41) is 3.75. The summed E-state index contributed by atoms with van der Waals surface area (Å²) in [6.45, 7) is 0.373. The molecule has 3 N–H and O–H groups in total. The van der Waals surface area contributed by atoms with Gasteiger partial charge >= 0.3 is 6.03 Å². The first kappa shape index (κ1) is 16.8. The Bertz CT molecular complexity index is 702. The number of rotatable bonds is 6. The Kier molecular flexibility index (Phi) is 5.99. The van der Waals surface area contributed by atoms with Crippen LogP contribution in [0.3, 0.4) is 0 Å². The molecular weight excluding hydrogens is 362 g/mol. The molecule has 7 heteroatoms. The number of amides is 2. The topological polar surface area (TPSA) is 85.9 Å². The maximum Gasteiger partial charge on any atom is 0.332 e. The highest BCUT2D eigenvalue weighted by Gasteiger charge is 2.09. The Morgan fingerprint density at radius 1 is 1.30 bits per heavy atom. The maximum atomic E-state index is 10.7. The number of carbonyl (C=O) groups excluding carboxylic acids is 1. The number of urea groups is 1. The average Bonchev–Trinajstić information content (AvgIpc) is 2.54. The lowest BCUT2D eigenvalue weighted by molar-refractivity contribution is 0.249. The highest BCUT2D eigenvalue weighted by Crippen LogP contribution is 2.30. The van der Waals surface area contributed by atoms with Crippen LogP contribution in [0.5, 0.6) is 11.5 Å². The molecule has 2 aromatic carbocycles. The third kappa shape index (κ3) is 5.00. The van der Waals surface area contributed by atoms with Crippen LogP contribution in [0.1, 0.15) is 11.1 Å². The van der Waals surface area contributed by atoms with Crippen LogP contribution < -0.4 is 20.6 Å². The van der Waals surface area contributed by atoms with E-state index in [0.717, 1.165) is 10.0 Å². The van der Waals surface area contributed by atoms with E-state index in [-0.39, 0.29) is 0 Å². The van der Waals surface area contributed by atoms with Crippen molar-refractivity contribution >= 4 is 28.2 Å². The van der Waals surface area contributed by atoms with Gasteiger partial charge in [-0.2, -0.15) is 5.10 Å². The Morgan fingerprint density at radius 3 is 2.70 bits per heavy atom. The van der Waals surface area contributed by atoms with Gasteiger partial charge in [-0.15, -0.1) is 0 Å². The number of ether oxygens (including phenoxy) is 2. The molecule has 23 heavy (non-hydrogen) atoms. The molecule has 0 saturated heterocycles. The molecule has 120 valence electrons. The minimum Gasteiger partial charge on any atom is -0.493 e. The average molecular weight is 378 g/mol. The highest BCUT2D eigenvalue weighted by molar-refractivity contribution is 9.10. The fraction of sp³-hybridized carbons (Fsp3) is 0.125. The second-order valence-corrected chi connectivity index (χ2v) is 5.44. The molecule has 0 atom stereocenters. The van der Waals surface area contributed by atoms with E-state index >= 15 is 0 Å². The Morgan fingerprint density at radius 2 is 2.04 bits per heavy atom. The third-order valence-corrected chi connectivity index (χ3v) is 3.43.